The lowest BCUT2D eigenvalue weighted by Gasteiger charge is -2.09. The second-order valence-corrected chi connectivity index (χ2v) is 3.13. The lowest BCUT2D eigenvalue weighted by atomic mass is 10.2. The summed E-state index contributed by atoms with van der Waals surface area (Å²) in [5.41, 5.74) is 0.554. The molecule has 1 aliphatic heterocycles. The quantitative estimate of drug-likeness (QED) is 0.739. The van der Waals surface area contributed by atoms with E-state index in [1.54, 1.807) is 24.3 Å². The Balaban J connectivity index is 1.96. The van der Waals surface area contributed by atoms with Gasteiger partial charge in [0.2, 0.25) is 0 Å². The Morgan fingerprint density at radius 2 is 2.13 bits per heavy atom. The minimum absolute atomic E-state index is 0.164. The number of hydrogen-bond donors (Lipinski definition) is 2. The molecule has 0 saturated carbocycles. The third-order valence-corrected chi connectivity index (χ3v) is 2.01. The van der Waals surface area contributed by atoms with Gasteiger partial charge in [0.1, 0.15) is 12.8 Å². The zero-order chi connectivity index (χ0) is 10.7. The molecule has 78 valence electrons. The first-order chi connectivity index (χ1) is 7.25. The van der Waals surface area contributed by atoms with Gasteiger partial charge >= 0.3 is 6.09 Å². The summed E-state index contributed by atoms with van der Waals surface area (Å²) in [7, 11) is 0. The molecular weight excluding hydrogens is 196 g/mol. The van der Waals surface area contributed by atoms with Gasteiger partial charge in [0, 0.05) is 5.56 Å². The van der Waals surface area contributed by atoms with Crippen molar-refractivity contribution < 1.29 is 14.3 Å². The molecule has 2 rings (SSSR count). The molecule has 2 N–H and O–H groups in total. The van der Waals surface area contributed by atoms with Crippen molar-refractivity contribution in [1.29, 1.82) is 0 Å². The molecule has 0 bridgehead atoms. The molecule has 0 aliphatic carbocycles. The molecular formula is C10H10N2O3. The molecule has 15 heavy (non-hydrogen) atoms. The zero-order valence-corrected chi connectivity index (χ0v) is 7.90. The van der Waals surface area contributed by atoms with Gasteiger partial charge in [0.15, 0.2) is 0 Å². The number of amides is 2. The third kappa shape index (κ3) is 2.25. The molecule has 5 nitrogen and oxygen atoms in total. The maximum Gasteiger partial charge on any atom is 0.409 e. The lowest BCUT2D eigenvalue weighted by molar-refractivity contribution is 0.0928. The monoisotopic (exact) mass is 206 g/mol. The summed E-state index contributed by atoms with van der Waals surface area (Å²) in [6, 6.07) is 8.79. The summed E-state index contributed by atoms with van der Waals surface area (Å²) in [6.07, 6.45) is -0.946. The van der Waals surface area contributed by atoms with E-state index in [0.717, 1.165) is 0 Å². The van der Waals surface area contributed by atoms with Gasteiger partial charge in [0.25, 0.3) is 5.91 Å². The summed E-state index contributed by atoms with van der Waals surface area (Å²) in [5, 5.41) is 5.09. The summed E-state index contributed by atoms with van der Waals surface area (Å²) < 4.78 is 4.64. The minimum Gasteiger partial charge on any atom is -0.445 e. The van der Waals surface area contributed by atoms with Crippen LogP contribution < -0.4 is 10.6 Å². The normalized spacial score (nSPS) is 19.2. The van der Waals surface area contributed by atoms with Crippen molar-refractivity contribution in [1.82, 2.24) is 10.6 Å². The van der Waals surface area contributed by atoms with E-state index < -0.39 is 12.3 Å². The van der Waals surface area contributed by atoms with E-state index >= 15 is 0 Å². The van der Waals surface area contributed by atoms with Crippen molar-refractivity contribution in [2.45, 2.75) is 6.17 Å². The Hall–Kier alpha value is -2.04. The van der Waals surface area contributed by atoms with Crippen molar-refractivity contribution in [2.75, 3.05) is 6.61 Å². The van der Waals surface area contributed by atoms with Gasteiger partial charge in [-0.1, -0.05) is 18.2 Å². The average Bonchev–Trinajstić information content (AvgIpc) is 2.65. The van der Waals surface area contributed by atoms with Crippen LogP contribution in [0.3, 0.4) is 0 Å². The van der Waals surface area contributed by atoms with Crippen LogP contribution in [0.2, 0.25) is 0 Å². The van der Waals surface area contributed by atoms with E-state index in [2.05, 4.69) is 15.4 Å². The second kappa shape index (κ2) is 4.00. The number of carbonyl (C=O) groups is 2. The van der Waals surface area contributed by atoms with Crippen LogP contribution in [0.5, 0.6) is 0 Å². The van der Waals surface area contributed by atoms with Crippen LogP contribution in [0, 0.1) is 0 Å². The largest absolute Gasteiger partial charge is 0.445 e. The van der Waals surface area contributed by atoms with Crippen molar-refractivity contribution in [3.8, 4) is 0 Å². The van der Waals surface area contributed by atoms with Crippen molar-refractivity contribution >= 4 is 12.0 Å². The fraction of sp³-hybridized carbons (Fsp3) is 0.200. The smallest absolute Gasteiger partial charge is 0.409 e. The maximum atomic E-state index is 11.6. The Kier molecular flexibility index (Phi) is 2.53. The highest BCUT2D eigenvalue weighted by Crippen LogP contribution is 2.00. The number of nitrogens with one attached hydrogen (secondary N) is 2. The second-order valence-electron chi connectivity index (χ2n) is 3.13. The highest BCUT2D eigenvalue weighted by molar-refractivity contribution is 5.94. The van der Waals surface area contributed by atoms with Crippen molar-refractivity contribution in [3.05, 3.63) is 35.9 Å². The molecule has 1 unspecified atom stereocenters. The first kappa shape index (κ1) is 9.51. The Morgan fingerprint density at radius 3 is 2.73 bits per heavy atom. The van der Waals surface area contributed by atoms with Gasteiger partial charge < -0.3 is 10.1 Å². The van der Waals surface area contributed by atoms with Gasteiger partial charge in [-0.05, 0) is 12.1 Å². The summed E-state index contributed by atoms with van der Waals surface area (Å²) in [4.78, 5) is 22.3. The number of alkyl carbamates (subject to hydrolysis) is 1. The Labute approximate surface area is 86.4 Å². The fourth-order valence-electron chi connectivity index (χ4n) is 1.29. The number of ether oxygens (including phenoxy) is 1. The third-order valence-electron chi connectivity index (χ3n) is 2.01. The number of rotatable bonds is 2. The molecule has 0 radical (unpaired) electrons. The Morgan fingerprint density at radius 1 is 1.40 bits per heavy atom. The predicted octanol–water partition coefficient (Wildman–Crippen LogP) is 0.482. The van der Waals surface area contributed by atoms with E-state index in [4.69, 9.17) is 0 Å². The van der Waals surface area contributed by atoms with Gasteiger partial charge in [-0.15, -0.1) is 0 Å². The molecule has 1 atom stereocenters. The van der Waals surface area contributed by atoms with Crippen LogP contribution in [0.1, 0.15) is 10.4 Å². The molecule has 1 saturated heterocycles. The van der Waals surface area contributed by atoms with Crippen LogP contribution in [-0.2, 0) is 4.74 Å². The summed E-state index contributed by atoms with van der Waals surface area (Å²) in [5.74, 6) is -0.230. The van der Waals surface area contributed by atoms with E-state index in [1.165, 1.54) is 0 Å². The van der Waals surface area contributed by atoms with Crippen LogP contribution in [0.15, 0.2) is 30.3 Å². The first-order valence-corrected chi connectivity index (χ1v) is 4.55. The molecule has 0 aromatic heterocycles. The number of cyclic esters (lactones) is 1. The van der Waals surface area contributed by atoms with Crippen LogP contribution in [-0.4, -0.2) is 24.8 Å². The first-order valence-electron chi connectivity index (χ1n) is 4.55. The SMILES string of the molecule is O=C1NC(NC(=O)c2ccccc2)CO1. The highest BCUT2D eigenvalue weighted by atomic mass is 16.6. The molecule has 5 heteroatoms. The number of hydrogen-bond acceptors (Lipinski definition) is 3. The van der Waals surface area contributed by atoms with Crippen LogP contribution >= 0.6 is 0 Å². The van der Waals surface area contributed by atoms with Crippen LogP contribution in [0.4, 0.5) is 4.79 Å². The van der Waals surface area contributed by atoms with Gasteiger partial charge in [-0.25, -0.2) is 4.79 Å². The highest BCUT2D eigenvalue weighted by Gasteiger charge is 2.23. The van der Waals surface area contributed by atoms with Gasteiger partial charge in [0.05, 0.1) is 0 Å². The molecule has 1 aromatic rings. The predicted molar refractivity (Wildman–Crippen MR) is 52.2 cm³/mol. The van der Waals surface area contributed by atoms with E-state index in [0.29, 0.717) is 5.56 Å². The Bertz CT molecular complexity index is 378. The topological polar surface area (TPSA) is 67.4 Å². The number of carbonyl (C=O) groups excluding carboxylic acids is 2. The maximum absolute atomic E-state index is 11.6. The molecule has 1 fully saturated rings. The molecule has 1 aliphatic rings. The minimum atomic E-state index is -0.506. The standard InChI is InChI=1S/C10H10N2O3/c13-9(7-4-2-1-3-5-7)11-8-6-15-10(14)12-8/h1-5,8H,6H2,(H,11,13)(H,12,14). The van der Waals surface area contributed by atoms with Crippen LogP contribution in [0.25, 0.3) is 0 Å². The van der Waals surface area contributed by atoms with E-state index in [-0.39, 0.29) is 12.5 Å². The fourth-order valence-corrected chi connectivity index (χ4v) is 1.29. The van der Waals surface area contributed by atoms with Gasteiger partial charge in [-0.2, -0.15) is 0 Å². The molecule has 0 spiro atoms. The van der Waals surface area contributed by atoms with E-state index in [1.807, 2.05) is 6.07 Å². The average molecular weight is 206 g/mol. The van der Waals surface area contributed by atoms with Crippen molar-refractivity contribution in [3.63, 3.8) is 0 Å². The molecule has 2 amide bonds. The van der Waals surface area contributed by atoms with Gasteiger partial charge in [-0.3, -0.25) is 10.1 Å². The zero-order valence-electron chi connectivity index (χ0n) is 7.90. The van der Waals surface area contributed by atoms with E-state index in [9.17, 15) is 9.59 Å². The molecule has 1 aromatic carbocycles. The lowest BCUT2D eigenvalue weighted by Crippen LogP contribution is -2.43. The summed E-state index contributed by atoms with van der Waals surface area (Å²) in [6.45, 7) is 0.164. The van der Waals surface area contributed by atoms with Crippen molar-refractivity contribution in [2.24, 2.45) is 0 Å². The summed E-state index contributed by atoms with van der Waals surface area (Å²) >= 11 is 0. The number of benzene rings is 1. The molecule has 1 heterocycles.